The maximum Gasteiger partial charge on any atom is 0.248 e. The topological polar surface area (TPSA) is 93.8 Å². The van der Waals surface area contributed by atoms with Gasteiger partial charge in [-0.3, -0.25) is 4.79 Å². The van der Waals surface area contributed by atoms with Crippen molar-refractivity contribution >= 4 is 45.5 Å². The predicted molar refractivity (Wildman–Crippen MR) is 119 cm³/mol. The molecular formula is C20H16FN5OS3. The fraction of sp³-hybridized carbons (Fsp3) is 0.100. The van der Waals surface area contributed by atoms with Crippen molar-refractivity contribution in [2.45, 2.75) is 16.6 Å². The van der Waals surface area contributed by atoms with Gasteiger partial charge in [-0.25, -0.2) is 9.37 Å². The van der Waals surface area contributed by atoms with Gasteiger partial charge in [-0.1, -0.05) is 47.4 Å². The Morgan fingerprint density at radius 2 is 1.87 bits per heavy atom. The molecular weight excluding hydrogens is 441 g/mol. The number of nitrogens with zero attached hydrogens (tertiary/aromatic N) is 3. The number of primary amides is 1. The third kappa shape index (κ3) is 5.21. The second-order valence-electron chi connectivity index (χ2n) is 6.23. The molecule has 3 N–H and O–H groups in total. The number of benzene rings is 2. The summed E-state index contributed by atoms with van der Waals surface area (Å²) >= 11 is 4.59. The first kappa shape index (κ1) is 20.5. The third-order valence-corrected chi connectivity index (χ3v) is 7.06. The van der Waals surface area contributed by atoms with Crippen molar-refractivity contribution in [3.8, 4) is 10.6 Å². The summed E-state index contributed by atoms with van der Waals surface area (Å²) in [5.41, 5.74) is 8.63. The number of hydrogen-bond acceptors (Lipinski definition) is 8. The molecule has 0 unspecified atom stereocenters. The molecule has 0 fully saturated rings. The molecule has 0 spiro atoms. The van der Waals surface area contributed by atoms with Gasteiger partial charge in [0.1, 0.15) is 10.8 Å². The molecule has 0 bridgehead atoms. The van der Waals surface area contributed by atoms with Crippen LogP contribution in [0.25, 0.3) is 10.6 Å². The maximum atomic E-state index is 13.0. The van der Waals surface area contributed by atoms with E-state index in [1.165, 1.54) is 23.5 Å². The number of thioether (sulfide) groups is 1. The summed E-state index contributed by atoms with van der Waals surface area (Å²) in [6.07, 6.45) is 0. The lowest BCUT2D eigenvalue weighted by molar-refractivity contribution is 0.100. The Bertz CT molecular complexity index is 1140. The van der Waals surface area contributed by atoms with Crippen LogP contribution in [-0.2, 0) is 12.3 Å². The molecule has 0 aliphatic heterocycles. The Labute approximate surface area is 184 Å². The highest BCUT2D eigenvalue weighted by Gasteiger charge is 2.09. The number of amides is 1. The summed E-state index contributed by atoms with van der Waals surface area (Å²) in [7, 11) is 0. The van der Waals surface area contributed by atoms with Crippen LogP contribution < -0.4 is 11.1 Å². The van der Waals surface area contributed by atoms with Crippen LogP contribution in [0.15, 0.2) is 58.3 Å². The number of halogens is 1. The minimum absolute atomic E-state index is 0.249. The van der Waals surface area contributed by atoms with Crippen LogP contribution in [0.2, 0.25) is 0 Å². The largest absolute Gasteiger partial charge is 0.366 e. The smallest absolute Gasteiger partial charge is 0.248 e. The highest BCUT2D eigenvalue weighted by atomic mass is 32.2. The van der Waals surface area contributed by atoms with Crippen molar-refractivity contribution in [3.05, 3.63) is 76.5 Å². The molecule has 1 amide bonds. The zero-order chi connectivity index (χ0) is 20.9. The Hall–Kier alpha value is -2.82. The number of nitrogens with one attached hydrogen (secondary N) is 1. The molecule has 152 valence electrons. The zero-order valence-electron chi connectivity index (χ0n) is 15.5. The molecule has 0 aliphatic rings. The average Bonchev–Trinajstić information content (AvgIpc) is 3.41. The van der Waals surface area contributed by atoms with Crippen LogP contribution in [0.1, 0.15) is 21.6 Å². The molecule has 0 saturated carbocycles. The van der Waals surface area contributed by atoms with Crippen molar-refractivity contribution < 1.29 is 9.18 Å². The van der Waals surface area contributed by atoms with Crippen molar-refractivity contribution in [1.82, 2.24) is 15.2 Å². The number of aromatic nitrogens is 3. The Balaban J connectivity index is 1.31. The summed E-state index contributed by atoms with van der Waals surface area (Å²) in [5.74, 6) is -0.00905. The van der Waals surface area contributed by atoms with E-state index in [2.05, 4.69) is 20.5 Å². The Morgan fingerprint density at radius 1 is 1.10 bits per heavy atom. The normalized spacial score (nSPS) is 10.8. The van der Waals surface area contributed by atoms with Gasteiger partial charge in [0.25, 0.3) is 0 Å². The van der Waals surface area contributed by atoms with Crippen molar-refractivity contribution in [2.75, 3.05) is 5.32 Å². The van der Waals surface area contributed by atoms with E-state index in [9.17, 15) is 9.18 Å². The number of carbonyl (C=O) groups is 1. The summed E-state index contributed by atoms with van der Waals surface area (Å²) in [6.45, 7) is 0.559. The standard InChI is InChI=1S/C20H16FN5OS3/c21-15-7-1-12(2-8-15)9-23-19-25-26-20(30-19)29-11-16-10-28-18(24-16)14-5-3-13(4-6-14)17(22)27/h1-8,10H,9,11H2,(H2,22,27)(H,23,25). The van der Waals surface area contributed by atoms with Gasteiger partial charge in [-0.05, 0) is 29.8 Å². The molecule has 0 atom stereocenters. The van der Waals surface area contributed by atoms with Crippen molar-refractivity contribution in [2.24, 2.45) is 5.73 Å². The van der Waals surface area contributed by atoms with Gasteiger partial charge >= 0.3 is 0 Å². The van der Waals surface area contributed by atoms with Gasteiger partial charge < -0.3 is 11.1 Å². The first-order valence-corrected chi connectivity index (χ1v) is 11.5. The second kappa shape index (κ2) is 9.33. The molecule has 6 nitrogen and oxygen atoms in total. The number of thiazole rings is 1. The van der Waals surface area contributed by atoms with E-state index in [-0.39, 0.29) is 5.82 Å². The fourth-order valence-electron chi connectivity index (χ4n) is 2.54. The van der Waals surface area contributed by atoms with E-state index >= 15 is 0 Å². The summed E-state index contributed by atoms with van der Waals surface area (Å²) in [5, 5.41) is 15.2. The van der Waals surface area contributed by atoms with Crippen LogP contribution in [0.5, 0.6) is 0 Å². The average molecular weight is 458 g/mol. The minimum atomic E-state index is -0.443. The van der Waals surface area contributed by atoms with Gasteiger partial charge in [0.15, 0.2) is 4.34 Å². The lowest BCUT2D eigenvalue weighted by Gasteiger charge is -2.01. The van der Waals surface area contributed by atoms with Gasteiger partial charge in [0.05, 0.1) is 5.69 Å². The second-order valence-corrected chi connectivity index (χ2v) is 9.29. The van der Waals surface area contributed by atoms with E-state index in [0.29, 0.717) is 17.9 Å². The van der Waals surface area contributed by atoms with Crippen LogP contribution >= 0.6 is 34.4 Å². The Kier molecular flexibility index (Phi) is 6.36. The van der Waals surface area contributed by atoms with E-state index in [0.717, 1.165) is 31.3 Å². The lowest BCUT2D eigenvalue weighted by Crippen LogP contribution is -2.10. The minimum Gasteiger partial charge on any atom is -0.366 e. The summed E-state index contributed by atoms with van der Waals surface area (Å²) in [6, 6.07) is 13.4. The van der Waals surface area contributed by atoms with E-state index in [1.807, 2.05) is 17.5 Å². The highest BCUT2D eigenvalue weighted by molar-refractivity contribution is 8.00. The number of hydrogen-bond donors (Lipinski definition) is 2. The molecule has 0 saturated heterocycles. The number of nitrogens with two attached hydrogens (primary N) is 1. The first-order chi connectivity index (χ1) is 14.6. The van der Waals surface area contributed by atoms with Crippen LogP contribution in [0.3, 0.4) is 0 Å². The molecule has 0 radical (unpaired) electrons. The lowest BCUT2D eigenvalue weighted by atomic mass is 10.1. The van der Waals surface area contributed by atoms with Gasteiger partial charge in [-0.2, -0.15) is 0 Å². The van der Waals surface area contributed by atoms with E-state index in [4.69, 9.17) is 5.73 Å². The van der Waals surface area contributed by atoms with Crippen molar-refractivity contribution in [3.63, 3.8) is 0 Å². The van der Waals surface area contributed by atoms with Crippen LogP contribution in [0, 0.1) is 5.82 Å². The third-order valence-electron chi connectivity index (χ3n) is 4.08. The van der Waals surface area contributed by atoms with Crippen LogP contribution in [-0.4, -0.2) is 21.1 Å². The summed E-state index contributed by atoms with van der Waals surface area (Å²) in [4.78, 5) is 15.8. The fourth-order valence-corrected chi connectivity index (χ4v) is 5.11. The quantitative estimate of drug-likeness (QED) is 0.369. The molecule has 10 heteroatoms. The van der Waals surface area contributed by atoms with E-state index in [1.54, 1.807) is 47.4 Å². The van der Waals surface area contributed by atoms with Crippen molar-refractivity contribution in [1.29, 1.82) is 0 Å². The summed E-state index contributed by atoms with van der Waals surface area (Å²) < 4.78 is 13.8. The molecule has 2 aromatic carbocycles. The zero-order valence-corrected chi connectivity index (χ0v) is 18.0. The molecule has 2 aromatic heterocycles. The SMILES string of the molecule is NC(=O)c1ccc(-c2nc(CSc3nnc(NCc4ccc(F)cc4)s3)cs2)cc1. The van der Waals surface area contributed by atoms with Gasteiger partial charge in [0, 0.05) is 28.8 Å². The monoisotopic (exact) mass is 457 g/mol. The molecule has 4 rings (SSSR count). The van der Waals surface area contributed by atoms with E-state index < -0.39 is 5.91 Å². The van der Waals surface area contributed by atoms with Gasteiger partial charge in [-0.15, -0.1) is 21.5 Å². The molecule has 2 heterocycles. The number of rotatable bonds is 8. The predicted octanol–water partition coefficient (Wildman–Crippen LogP) is 4.80. The van der Waals surface area contributed by atoms with Crippen LogP contribution in [0.4, 0.5) is 9.52 Å². The van der Waals surface area contributed by atoms with Gasteiger partial charge in [0.2, 0.25) is 11.0 Å². The molecule has 30 heavy (non-hydrogen) atoms. The number of carbonyl (C=O) groups excluding carboxylic acids is 1. The first-order valence-electron chi connectivity index (χ1n) is 8.86. The highest BCUT2D eigenvalue weighted by Crippen LogP contribution is 2.31. The molecule has 4 aromatic rings. The Morgan fingerprint density at radius 3 is 2.60 bits per heavy atom. The number of anilines is 1. The molecule has 0 aliphatic carbocycles. The maximum absolute atomic E-state index is 13.0.